The van der Waals surface area contributed by atoms with Crippen LogP contribution in [0.1, 0.15) is 55.1 Å². The lowest BCUT2D eigenvalue weighted by atomic mass is 10.00. The van der Waals surface area contributed by atoms with Gasteiger partial charge in [-0.2, -0.15) is 0 Å². The highest BCUT2D eigenvalue weighted by Gasteiger charge is 2.34. The Morgan fingerprint density at radius 1 is 0.884 bits per heavy atom. The summed E-state index contributed by atoms with van der Waals surface area (Å²) in [5, 5.41) is 5.87. The summed E-state index contributed by atoms with van der Waals surface area (Å²) in [4.78, 5) is 44.5. The van der Waals surface area contributed by atoms with E-state index in [0.717, 1.165) is 22.0 Å². The van der Waals surface area contributed by atoms with Crippen molar-refractivity contribution < 1.29 is 14.4 Å². The molecular formula is C35H35Cl2N3O3. The summed E-state index contributed by atoms with van der Waals surface area (Å²) in [6, 6.07) is 25.6. The number of anilines is 1. The topological polar surface area (TPSA) is 69.7 Å². The van der Waals surface area contributed by atoms with E-state index in [-0.39, 0.29) is 30.7 Å². The number of hydrogen-bond donors (Lipinski definition) is 1. The van der Waals surface area contributed by atoms with Gasteiger partial charge in [0.2, 0.25) is 11.8 Å². The second kappa shape index (κ2) is 12.8. The Kier molecular flexibility index (Phi) is 9.09. The first kappa shape index (κ1) is 30.6. The lowest BCUT2D eigenvalue weighted by Crippen LogP contribution is -2.54. The lowest BCUT2D eigenvalue weighted by Gasteiger charge is -2.34. The minimum Gasteiger partial charge on any atom is -0.350 e. The standard InChI is InChI=1S/C35H35Cl2N3O3/c1-35(2,3)38-33(42)30(21-23-11-5-4-6-12-23)40(22-26-27(36)16-9-17-28(26)37)31(41)19-10-20-39-29-18-8-14-24-13-7-15-25(32(24)29)34(39)43/h4-9,11-18,30H,10,19-22H2,1-3H3,(H,38,42). The van der Waals surface area contributed by atoms with E-state index in [9.17, 15) is 14.4 Å². The van der Waals surface area contributed by atoms with Crippen LogP contribution >= 0.6 is 23.2 Å². The van der Waals surface area contributed by atoms with Crippen molar-refractivity contribution >= 4 is 57.4 Å². The second-order valence-corrected chi connectivity index (χ2v) is 12.7. The molecule has 0 aliphatic carbocycles. The molecule has 0 aromatic heterocycles. The van der Waals surface area contributed by atoms with Gasteiger partial charge >= 0.3 is 0 Å². The van der Waals surface area contributed by atoms with Crippen LogP contribution in [0.3, 0.4) is 0 Å². The minimum absolute atomic E-state index is 0.0644. The fourth-order valence-corrected chi connectivity index (χ4v) is 6.11. The van der Waals surface area contributed by atoms with Gasteiger partial charge in [0.25, 0.3) is 5.91 Å². The lowest BCUT2D eigenvalue weighted by molar-refractivity contribution is -0.142. The maximum Gasteiger partial charge on any atom is 0.258 e. The van der Waals surface area contributed by atoms with E-state index in [4.69, 9.17) is 23.2 Å². The zero-order chi connectivity index (χ0) is 30.7. The molecule has 1 atom stereocenters. The summed E-state index contributed by atoms with van der Waals surface area (Å²) in [6.07, 6.45) is 0.866. The van der Waals surface area contributed by atoms with Crippen LogP contribution in [0.15, 0.2) is 84.9 Å². The highest BCUT2D eigenvalue weighted by Crippen LogP contribution is 2.37. The van der Waals surface area contributed by atoms with Crippen LogP contribution < -0.4 is 10.2 Å². The molecule has 6 nitrogen and oxygen atoms in total. The zero-order valence-corrected chi connectivity index (χ0v) is 26.1. The number of rotatable bonds is 10. The molecule has 0 saturated carbocycles. The number of benzene rings is 4. The molecule has 0 radical (unpaired) electrons. The number of amides is 3. The van der Waals surface area contributed by atoms with Crippen LogP contribution in [0.4, 0.5) is 5.69 Å². The van der Waals surface area contributed by atoms with Gasteiger partial charge in [-0.15, -0.1) is 0 Å². The van der Waals surface area contributed by atoms with E-state index < -0.39 is 11.6 Å². The number of carbonyl (C=O) groups excluding carboxylic acids is 3. The molecule has 0 fully saturated rings. The largest absolute Gasteiger partial charge is 0.350 e. The molecule has 3 amide bonds. The summed E-state index contributed by atoms with van der Waals surface area (Å²) in [5.74, 6) is -0.543. The Balaban J connectivity index is 1.41. The van der Waals surface area contributed by atoms with Crippen molar-refractivity contribution in [1.29, 1.82) is 0 Å². The first-order valence-corrected chi connectivity index (χ1v) is 15.2. The van der Waals surface area contributed by atoms with Crippen LogP contribution in [0.5, 0.6) is 0 Å². The fraction of sp³-hybridized carbons (Fsp3) is 0.286. The third kappa shape index (κ3) is 6.87. The fourth-order valence-electron chi connectivity index (χ4n) is 5.59. The number of carbonyl (C=O) groups is 3. The summed E-state index contributed by atoms with van der Waals surface area (Å²) in [6.45, 7) is 6.17. The average molecular weight is 617 g/mol. The quantitative estimate of drug-likeness (QED) is 0.201. The van der Waals surface area contributed by atoms with Gasteiger partial charge in [0.05, 0.1) is 5.69 Å². The molecule has 1 aliphatic heterocycles. The van der Waals surface area contributed by atoms with Crippen LogP contribution in [0, 0.1) is 0 Å². The molecule has 1 aliphatic rings. The summed E-state index contributed by atoms with van der Waals surface area (Å²) >= 11 is 13.1. The van der Waals surface area contributed by atoms with Crippen molar-refractivity contribution in [2.75, 3.05) is 11.4 Å². The molecule has 4 aromatic carbocycles. The Bertz CT molecular complexity index is 1640. The van der Waals surface area contributed by atoms with Crippen molar-refractivity contribution in [2.45, 2.75) is 58.2 Å². The van der Waals surface area contributed by atoms with Crippen LogP contribution in [-0.2, 0) is 22.6 Å². The monoisotopic (exact) mass is 615 g/mol. The molecule has 1 unspecified atom stereocenters. The predicted molar refractivity (Wildman–Crippen MR) is 174 cm³/mol. The Labute approximate surface area is 262 Å². The van der Waals surface area contributed by atoms with Gasteiger partial charge in [-0.25, -0.2) is 0 Å². The first-order valence-electron chi connectivity index (χ1n) is 14.5. The molecule has 1 N–H and O–H groups in total. The third-order valence-corrected chi connectivity index (χ3v) is 8.29. The van der Waals surface area contributed by atoms with Crippen LogP contribution in [0.2, 0.25) is 10.0 Å². The smallest absolute Gasteiger partial charge is 0.258 e. The molecule has 1 heterocycles. The molecule has 4 aromatic rings. The highest BCUT2D eigenvalue weighted by molar-refractivity contribution is 6.36. The molecule has 8 heteroatoms. The van der Waals surface area contributed by atoms with Crippen molar-refractivity contribution in [2.24, 2.45) is 0 Å². The first-order chi connectivity index (χ1) is 20.5. The van der Waals surface area contributed by atoms with Crippen molar-refractivity contribution in [3.8, 4) is 0 Å². The van der Waals surface area contributed by atoms with Crippen molar-refractivity contribution in [3.63, 3.8) is 0 Å². The molecule has 0 bridgehead atoms. The maximum absolute atomic E-state index is 14.1. The van der Waals surface area contributed by atoms with Gasteiger partial charge < -0.3 is 15.1 Å². The molecule has 5 rings (SSSR count). The highest BCUT2D eigenvalue weighted by atomic mass is 35.5. The molecular weight excluding hydrogens is 581 g/mol. The predicted octanol–water partition coefficient (Wildman–Crippen LogP) is 7.44. The van der Waals surface area contributed by atoms with Gasteiger partial charge in [-0.1, -0.05) is 83.9 Å². The maximum atomic E-state index is 14.1. The van der Waals surface area contributed by atoms with Crippen LogP contribution in [0.25, 0.3) is 10.8 Å². The summed E-state index contributed by atoms with van der Waals surface area (Å²) in [5.41, 5.74) is 2.54. The molecule has 0 spiro atoms. The molecule has 222 valence electrons. The average Bonchev–Trinajstić information content (AvgIpc) is 3.24. The van der Waals surface area contributed by atoms with Gasteiger partial charge in [-0.05, 0) is 62.4 Å². The van der Waals surface area contributed by atoms with Gasteiger partial charge in [0.1, 0.15) is 6.04 Å². The molecule has 43 heavy (non-hydrogen) atoms. The SMILES string of the molecule is CC(C)(C)NC(=O)C(Cc1ccccc1)N(Cc1c(Cl)cccc1Cl)C(=O)CCCN1C(=O)c2cccc3cccc1c23. The number of halogens is 2. The summed E-state index contributed by atoms with van der Waals surface area (Å²) < 4.78 is 0. The Morgan fingerprint density at radius 3 is 2.21 bits per heavy atom. The van der Waals surface area contributed by atoms with E-state index in [0.29, 0.717) is 40.6 Å². The summed E-state index contributed by atoms with van der Waals surface area (Å²) in [7, 11) is 0. The Morgan fingerprint density at radius 2 is 1.53 bits per heavy atom. The van der Waals surface area contributed by atoms with Gasteiger partial charge in [-0.3, -0.25) is 14.4 Å². The number of nitrogens with zero attached hydrogens (tertiary/aromatic N) is 2. The number of nitrogens with one attached hydrogen (secondary N) is 1. The van der Waals surface area contributed by atoms with E-state index in [1.807, 2.05) is 87.5 Å². The van der Waals surface area contributed by atoms with E-state index in [1.165, 1.54) is 0 Å². The third-order valence-electron chi connectivity index (χ3n) is 7.58. The minimum atomic E-state index is -0.812. The van der Waals surface area contributed by atoms with E-state index in [1.54, 1.807) is 28.0 Å². The molecule has 0 saturated heterocycles. The van der Waals surface area contributed by atoms with Crippen molar-refractivity contribution in [1.82, 2.24) is 10.2 Å². The van der Waals surface area contributed by atoms with E-state index >= 15 is 0 Å². The Hall–Kier alpha value is -3.87. The van der Waals surface area contributed by atoms with E-state index in [2.05, 4.69) is 5.32 Å². The van der Waals surface area contributed by atoms with Gasteiger partial charge in [0, 0.05) is 58.0 Å². The van der Waals surface area contributed by atoms with Crippen molar-refractivity contribution in [3.05, 3.63) is 112 Å². The van der Waals surface area contributed by atoms with Gasteiger partial charge in [0.15, 0.2) is 0 Å². The number of hydrogen-bond acceptors (Lipinski definition) is 3. The second-order valence-electron chi connectivity index (χ2n) is 11.9. The normalized spacial score (nSPS) is 13.3. The zero-order valence-electron chi connectivity index (χ0n) is 24.6. The van der Waals surface area contributed by atoms with Crippen LogP contribution in [-0.4, -0.2) is 40.7 Å².